The van der Waals surface area contributed by atoms with Gasteiger partial charge in [-0.1, -0.05) is 31.2 Å². The average Bonchev–Trinajstić information content (AvgIpc) is 3.41. The fraction of sp³-hybridized carbons (Fsp3) is 0.333. The predicted octanol–water partition coefficient (Wildman–Crippen LogP) is 4.54. The van der Waals surface area contributed by atoms with Crippen LogP contribution in [0, 0.1) is 5.92 Å². The van der Waals surface area contributed by atoms with Gasteiger partial charge in [0.15, 0.2) is 0 Å². The maximum atomic E-state index is 12.8. The summed E-state index contributed by atoms with van der Waals surface area (Å²) in [6.07, 6.45) is -3.82. The van der Waals surface area contributed by atoms with Gasteiger partial charge in [0, 0.05) is 11.3 Å². The van der Waals surface area contributed by atoms with E-state index in [0.29, 0.717) is 29.8 Å². The normalized spacial score (nSPS) is 21.6. The van der Waals surface area contributed by atoms with E-state index in [-0.39, 0.29) is 17.9 Å². The summed E-state index contributed by atoms with van der Waals surface area (Å²) in [5.74, 6) is -1.03. The van der Waals surface area contributed by atoms with Crippen LogP contribution in [-0.4, -0.2) is 11.9 Å². The van der Waals surface area contributed by atoms with Crippen LogP contribution in [0.5, 0.6) is 0 Å². The van der Waals surface area contributed by atoms with Crippen molar-refractivity contribution in [2.45, 2.75) is 37.9 Å². The van der Waals surface area contributed by atoms with E-state index in [9.17, 15) is 22.8 Å². The summed E-state index contributed by atoms with van der Waals surface area (Å²) >= 11 is 0.471. The number of halogens is 3. The number of carbonyl (C=O) groups is 2. The molecule has 30 heavy (non-hydrogen) atoms. The van der Waals surface area contributed by atoms with Crippen molar-refractivity contribution in [2.75, 3.05) is 0 Å². The molecule has 1 saturated carbocycles. The second-order valence-corrected chi connectivity index (χ2v) is 7.93. The lowest BCUT2D eigenvalue weighted by molar-refractivity contribution is -0.137. The number of benzene rings is 2. The summed E-state index contributed by atoms with van der Waals surface area (Å²) in [5.41, 5.74) is 0.664. The molecule has 0 radical (unpaired) electrons. The molecule has 0 aliphatic heterocycles. The number of nitrogens with two attached hydrogens (primary N) is 1. The average molecular weight is 438 g/mol. The third kappa shape index (κ3) is 4.62. The van der Waals surface area contributed by atoms with Crippen LogP contribution in [0.25, 0.3) is 0 Å². The molecule has 0 bridgehead atoms. The minimum Gasteiger partial charge on any atom is -0.371 e. The molecule has 1 amide bonds. The summed E-state index contributed by atoms with van der Waals surface area (Å²) < 4.78 is 42.9. The van der Waals surface area contributed by atoms with E-state index in [2.05, 4.69) is 9.50 Å². The van der Waals surface area contributed by atoms with Crippen LogP contribution in [0.1, 0.15) is 53.4 Å². The molecule has 9 heteroatoms. The minimum absolute atomic E-state index is 0.159. The van der Waals surface area contributed by atoms with Crippen molar-refractivity contribution < 1.29 is 26.9 Å². The molecule has 3 rings (SSSR count). The Kier molecular flexibility index (Phi) is 6.14. The number of rotatable bonds is 6. The van der Waals surface area contributed by atoms with E-state index in [4.69, 9.17) is 5.14 Å². The van der Waals surface area contributed by atoms with Crippen LogP contribution < -0.4 is 10.5 Å². The molecule has 1 aliphatic carbocycles. The molecule has 1 aliphatic rings. The van der Waals surface area contributed by atoms with E-state index in [1.54, 1.807) is 24.3 Å². The molecule has 2 aromatic rings. The molecule has 0 aromatic heterocycles. The number of carbonyl (C=O) groups excluding carboxylic acids is 2. The lowest BCUT2D eigenvalue weighted by Gasteiger charge is -2.17. The van der Waals surface area contributed by atoms with Crippen molar-refractivity contribution in [3.63, 3.8) is 0 Å². The zero-order valence-electron chi connectivity index (χ0n) is 16.3. The molecule has 2 aromatic carbocycles. The molecule has 5 nitrogen and oxygen atoms in total. The maximum absolute atomic E-state index is 12.8. The fourth-order valence-electron chi connectivity index (χ4n) is 3.50. The Morgan fingerprint density at radius 2 is 1.77 bits per heavy atom. The predicted molar refractivity (Wildman–Crippen MR) is 107 cm³/mol. The topological polar surface area (TPSA) is 81.4 Å². The van der Waals surface area contributed by atoms with Crippen LogP contribution in [0.3, 0.4) is 0 Å². The maximum Gasteiger partial charge on any atom is 0.416 e. The first kappa shape index (κ1) is 22.2. The minimum atomic E-state index is -4.38. The van der Waals surface area contributed by atoms with Gasteiger partial charge in [0.1, 0.15) is 12.2 Å². The molecule has 0 heterocycles. The fourth-order valence-corrected chi connectivity index (χ4v) is 3.69. The molecule has 160 valence electrons. The van der Waals surface area contributed by atoms with Crippen molar-refractivity contribution >= 4 is 24.1 Å². The van der Waals surface area contributed by atoms with Gasteiger partial charge in [-0.2, -0.15) is 13.2 Å². The highest BCUT2D eigenvalue weighted by Crippen LogP contribution is 2.54. The van der Waals surface area contributed by atoms with Crippen LogP contribution >= 0.6 is 12.2 Å². The monoisotopic (exact) mass is 438 g/mol. The van der Waals surface area contributed by atoms with Gasteiger partial charge in [0.25, 0.3) is 0 Å². The third-order valence-corrected chi connectivity index (χ3v) is 5.80. The van der Waals surface area contributed by atoms with Gasteiger partial charge in [-0.3, -0.25) is 4.79 Å². The Morgan fingerprint density at radius 1 is 1.17 bits per heavy atom. The smallest absolute Gasteiger partial charge is 0.371 e. The Bertz CT molecular complexity index is 932. The number of amides is 1. The molecule has 2 unspecified atom stereocenters. The Balaban J connectivity index is 1.62. The van der Waals surface area contributed by atoms with E-state index < -0.39 is 23.1 Å². The van der Waals surface area contributed by atoms with Gasteiger partial charge in [-0.05, 0) is 48.7 Å². The summed E-state index contributed by atoms with van der Waals surface area (Å²) in [6.45, 7) is 3.69. The van der Waals surface area contributed by atoms with E-state index in [0.717, 1.165) is 17.7 Å². The second kappa shape index (κ2) is 8.31. The first-order valence-electron chi connectivity index (χ1n) is 9.22. The molecular weight excluding hydrogens is 417 g/mol. The van der Waals surface area contributed by atoms with Crippen LogP contribution in [-0.2, 0) is 20.6 Å². The van der Waals surface area contributed by atoms with Crippen molar-refractivity contribution in [3.05, 3.63) is 70.8 Å². The molecule has 3 N–H and O–H groups in total. The summed E-state index contributed by atoms with van der Waals surface area (Å²) in [5, 5.41) is 8.03. The molecule has 0 spiro atoms. The standard InChI is InChI=1S/C21H21F3N2O3S/c1-12(13-3-5-14(6-4-13)19(28)29-30-25)26-18(27)17-11-20(17,2)15-7-9-16(10-8-15)21(22,23)24/h3-10,12,17H,11,25H2,1-2H3,(H,26,27)/t12-,17?,20?/m1/s1. The Hall–Kier alpha value is -2.52. The van der Waals surface area contributed by atoms with Crippen LogP contribution in [0.15, 0.2) is 48.5 Å². The summed E-state index contributed by atoms with van der Waals surface area (Å²) in [4.78, 5) is 24.3. The van der Waals surface area contributed by atoms with Gasteiger partial charge in [-0.25, -0.2) is 9.93 Å². The zero-order chi connectivity index (χ0) is 22.1. The number of nitrogens with one attached hydrogen (secondary N) is 1. The quantitative estimate of drug-likeness (QED) is 0.511. The first-order valence-corrected chi connectivity index (χ1v) is 10.0. The van der Waals surface area contributed by atoms with Crippen molar-refractivity contribution in [1.29, 1.82) is 0 Å². The van der Waals surface area contributed by atoms with Gasteiger partial charge >= 0.3 is 12.1 Å². The van der Waals surface area contributed by atoms with Gasteiger partial charge in [0.2, 0.25) is 5.91 Å². The van der Waals surface area contributed by atoms with E-state index in [1.165, 1.54) is 12.1 Å². The number of hydrogen-bond donors (Lipinski definition) is 2. The van der Waals surface area contributed by atoms with Crippen LogP contribution in [0.4, 0.5) is 13.2 Å². The second-order valence-electron chi connectivity index (χ2n) is 7.57. The van der Waals surface area contributed by atoms with Crippen LogP contribution in [0.2, 0.25) is 0 Å². The zero-order valence-corrected chi connectivity index (χ0v) is 17.1. The SMILES string of the molecule is C[C@@H](NC(=O)C1CC1(C)c1ccc(C(F)(F)F)cc1)c1ccc(C(=O)OSN)cc1. The van der Waals surface area contributed by atoms with Crippen molar-refractivity contribution in [1.82, 2.24) is 5.32 Å². The van der Waals surface area contributed by atoms with Crippen molar-refractivity contribution in [2.24, 2.45) is 11.1 Å². The molecule has 1 fully saturated rings. The van der Waals surface area contributed by atoms with Gasteiger partial charge in [0.05, 0.1) is 17.2 Å². The highest BCUT2D eigenvalue weighted by atomic mass is 32.2. The molecule has 3 atom stereocenters. The largest absolute Gasteiger partial charge is 0.416 e. The van der Waals surface area contributed by atoms with E-state index >= 15 is 0 Å². The van der Waals surface area contributed by atoms with Gasteiger partial charge in [-0.15, -0.1) is 0 Å². The number of hydrogen-bond acceptors (Lipinski definition) is 5. The summed E-state index contributed by atoms with van der Waals surface area (Å²) in [7, 11) is 0. The third-order valence-electron chi connectivity index (χ3n) is 5.55. The number of alkyl halides is 3. The molecular formula is C21H21F3N2O3S. The highest BCUT2D eigenvalue weighted by Gasteiger charge is 2.55. The van der Waals surface area contributed by atoms with E-state index in [1.807, 2.05) is 13.8 Å². The first-order chi connectivity index (χ1) is 14.1. The summed E-state index contributed by atoms with van der Waals surface area (Å²) in [6, 6.07) is 11.3. The Morgan fingerprint density at radius 3 is 2.30 bits per heavy atom. The lowest BCUT2D eigenvalue weighted by atomic mass is 9.94. The lowest BCUT2D eigenvalue weighted by Crippen LogP contribution is -2.30. The van der Waals surface area contributed by atoms with Gasteiger partial charge < -0.3 is 9.50 Å². The van der Waals surface area contributed by atoms with Crippen molar-refractivity contribution in [3.8, 4) is 0 Å². The Labute approximate surface area is 176 Å². The molecule has 0 saturated heterocycles. The highest BCUT2D eigenvalue weighted by molar-refractivity contribution is 7.92.